The van der Waals surface area contributed by atoms with Crippen LogP contribution in [0.5, 0.6) is 0 Å². The van der Waals surface area contributed by atoms with Gasteiger partial charge in [0.05, 0.1) is 19.1 Å². The molecule has 0 aliphatic carbocycles. The Bertz CT molecular complexity index is 628. The summed E-state index contributed by atoms with van der Waals surface area (Å²) in [6.07, 6.45) is 2.64. The molecule has 2 rings (SSSR count). The first-order valence-corrected chi connectivity index (χ1v) is 6.52. The zero-order chi connectivity index (χ0) is 15.9. The quantitative estimate of drug-likeness (QED) is 0.600. The van der Waals surface area contributed by atoms with Crippen molar-refractivity contribution in [3.63, 3.8) is 0 Å². The highest BCUT2D eigenvalue weighted by Crippen LogP contribution is 2.02. The van der Waals surface area contributed by atoms with Crippen molar-refractivity contribution in [3.8, 4) is 0 Å². The smallest absolute Gasteiger partial charge is 0.270 e. The second-order valence-electron chi connectivity index (χ2n) is 4.52. The van der Waals surface area contributed by atoms with E-state index in [-0.39, 0.29) is 18.1 Å². The number of rotatable bonds is 6. The van der Waals surface area contributed by atoms with Crippen molar-refractivity contribution < 1.29 is 19.1 Å². The van der Waals surface area contributed by atoms with E-state index in [1.165, 1.54) is 36.8 Å². The van der Waals surface area contributed by atoms with E-state index in [1.54, 1.807) is 0 Å². The summed E-state index contributed by atoms with van der Waals surface area (Å²) in [6, 6.07) is 4.55. The molecule has 1 atom stereocenters. The third kappa shape index (κ3) is 4.13. The Labute approximate surface area is 125 Å². The van der Waals surface area contributed by atoms with Crippen LogP contribution in [0.3, 0.4) is 0 Å². The summed E-state index contributed by atoms with van der Waals surface area (Å²) >= 11 is 0. The van der Waals surface area contributed by atoms with Gasteiger partial charge in [0.25, 0.3) is 5.91 Å². The van der Waals surface area contributed by atoms with E-state index in [0.29, 0.717) is 5.56 Å². The van der Waals surface area contributed by atoms with Crippen LogP contribution >= 0.6 is 0 Å². The molecule has 7 nitrogen and oxygen atoms in total. The van der Waals surface area contributed by atoms with Crippen LogP contribution in [-0.2, 0) is 11.3 Å². The fraction of sp³-hybridized carbons (Fsp3) is 0.214. The van der Waals surface area contributed by atoms with E-state index >= 15 is 0 Å². The summed E-state index contributed by atoms with van der Waals surface area (Å²) in [7, 11) is 0. The molecule has 0 spiro atoms. The van der Waals surface area contributed by atoms with Crippen molar-refractivity contribution in [3.05, 3.63) is 53.9 Å². The maximum absolute atomic E-state index is 12.8. The lowest BCUT2D eigenvalue weighted by Crippen LogP contribution is -2.48. The number of hydrogen-bond donors (Lipinski definition) is 4. The summed E-state index contributed by atoms with van der Waals surface area (Å²) in [5, 5.41) is 14.2. The molecule has 0 saturated heterocycles. The molecular formula is C14H15FN4O3. The Balaban J connectivity index is 1.88. The summed E-state index contributed by atoms with van der Waals surface area (Å²) in [4.78, 5) is 30.0. The average Bonchev–Trinajstić information content (AvgIpc) is 3.06. The number of carbonyl (C=O) groups excluding carboxylic acids is 2. The second-order valence-corrected chi connectivity index (χ2v) is 4.52. The number of aliphatic hydroxyl groups excluding tert-OH is 1. The molecule has 0 saturated carbocycles. The number of halogens is 1. The van der Waals surface area contributed by atoms with E-state index < -0.39 is 24.5 Å². The first kappa shape index (κ1) is 15.6. The first-order valence-electron chi connectivity index (χ1n) is 6.52. The summed E-state index contributed by atoms with van der Waals surface area (Å²) < 4.78 is 12.8. The molecule has 1 unspecified atom stereocenters. The predicted molar refractivity (Wildman–Crippen MR) is 75.2 cm³/mol. The molecule has 0 fully saturated rings. The van der Waals surface area contributed by atoms with Gasteiger partial charge in [-0.25, -0.2) is 9.37 Å². The highest BCUT2D eigenvalue weighted by Gasteiger charge is 2.20. The maximum atomic E-state index is 12.8. The number of nitrogens with one attached hydrogen (secondary N) is 3. The van der Waals surface area contributed by atoms with Crippen molar-refractivity contribution in [1.29, 1.82) is 0 Å². The van der Waals surface area contributed by atoms with Crippen LogP contribution in [0.25, 0.3) is 0 Å². The predicted octanol–water partition coefficient (Wildman–Crippen LogP) is -0.0441. The molecule has 4 N–H and O–H groups in total. The minimum Gasteiger partial charge on any atom is -0.394 e. The SMILES string of the molecule is O=C(NC(CO)C(=O)NCc1ccc(F)cc1)c1cnc[nH]1. The number of nitrogens with zero attached hydrogens (tertiary/aromatic N) is 1. The van der Waals surface area contributed by atoms with Gasteiger partial charge in [-0.1, -0.05) is 12.1 Å². The van der Waals surface area contributed by atoms with Gasteiger partial charge in [-0.05, 0) is 17.7 Å². The van der Waals surface area contributed by atoms with Crippen LogP contribution in [-0.4, -0.2) is 39.5 Å². The average molecular weight is 306 g/mol. The molecule has 1 aromatic carbocycles. The van der Waals surface area contributed by atoms with Crippen LogP contribution in [0.1, 0.15) is 16.1 Å². The number of aliphatic hydroxyl groups is 1. The number of aromatic amines is 1. The third-order valence-electron chi connectivity index (χ3n) is 2.93. The molecule has 1 aromatic heterocycles. The van der Waals surface area contributed by atoms with Crippen LogP contribution in [0.4, 0.5) is 4.39 Å². The second kappa shape index (κ2) is 7.32. The van der Waals surface area contributed by atoms with E-state index in [0.717, 1.165) is 0 Å². The fourth-order valence-electron chi connectivity index (χ4n) is 1.72. The third-order valence-corrected chi connectivity index (χ3v) is 2.93. The molecule has 2 aromatic rings. The number of carbonyl (C=O) groups is 2. The molecule has 22 heavy (non-hydrogen) atoms. The van der Waals surface area contributed by atoms with Gasteiger partial charge in [-0.15, -0.1) is 0 Å². The van der Waals surface area contributed by atoms with Crippen molar-refractivity contribution in [2.45, 2.75) is 12.6 Å². The topological polar surface area (TPSA) is 107 Å². The van der Waals surface area contributed by atoms with Crippen molar-refractivity contribution in [2.75, 3.05) is 6.61 Å². The zero-order valence-corrected chi connectivity index (χ0v) is 11.5. The highest BCUT2D eigenvalue weighted by atomic mass is 19.1. The van der Waals surface area contributed by atoms with Gasteiger partial charge >= 0.3 is 0 Å². The number of amides is 2. The van der Waals surface area contributed by atoms with Gasteiger partial charge < -0.3 is 20.7 Å². The number of hydrogen-bond acceptors (Lipinski definition) is 4. The summed E-state index contributed by atoms with van der Waals surface area (Å²) in [5.41, 5.74) is 0.885. The van der Waals surface area contributed by atoms with Gasteiger partial charge in [0.1, 0.15) is 17.6 Å². The Morgan fingerprint density at radius 1 is 1.32 bits per heavy atom. The van der Waals surface area contributed by atoms with E-state index in [9.17, 15) is 19.1 Å². The van der Waals surface area contributed by atoms with E-state index in [4.69, 9.17) is 0 Å². The lowest BCUT2D eigenvalue weighted by Gasteiger charge is -2.15. The molecule has 0 bridgehead atoms. The Hall–Kier alpha value is -2.74. The number of benzene rings is 1. The molecule has 116 valence electrons. The van der Waals surface area contributed by atoms with Crippen LogP contribution in [0.2, 0.25) is 0 Å². The van der Waals surface area contributed by atoms with Gasteiger partial charge in [0.2, 0.25) is 5.91 Å². The molecular weight excluding hydrogens is 291 g/mol. The zero-order valence-electron chi connectivity index (χ0n) is 11.5. The molecule has 0 aliphatic heterocycles. The van der Waals surface area contributed by atoms with Crippen molar-refractivity contribution in [1.82, 2.24) is 20.6 Å². The van der Waals surface area contributed by atoms with E-state index in [1.807, 2.05) is 0 Å². The number of imidazole rings is 1. The first-order chi connectivity index (χ1) is 10.6. The lowest BCUT2D eigenvalue weighted by molar-refractivity contribution is -0.124. The Morgan fingerprint density at radius 3 is 2.64 bits per heavy atom. The molecule has 0 radical (unpaired) electrons. The minimum absolute atomic E-state index is 0.162. The normalized spacial score (nSPS) is 11.7. The number of H-pyrrole nitrogens is 1. The summed E-state index contributed by atoms with van der Waals surface area (Å²) in [5.74, 6) is -1.46. The summed E-state index contributed by atoms with van der Waals surface area (Å²) in [6.45, 7) is -0.384. The maximum Gasteiger partial charge on any atom is 0.270 e. The van der Waals surface area contributed by atoms with Crippen molar-refractivity contribution >= 4 is 11.8 Å². The monoisotopic (exact) mass is 306 g/mol. The van der Waals surface area contributed by atoms with E-state index in [2.05, 4.69) is 20.6 Å². The standard InChI is InChI=1S/C14H15FN4O3/c15-10-3-1-9(2-4-10)5-17-13(21)12(7-20)19-14(22)11-6-16-8-18-11/h1-4,6,8,12,20H,5,7H2,(H,16,18)(H,17,21)(H,19,22). The van der Waals surface area contributed by atoms with Crippen LogP contribution in [0.15, 0.2) is 36.8 Å². The Kier molecular flexibility index (Phi) is 5.21. The van der Waals surface area contributed by atoms with Crippen LogP contribution < -0.4 is 10.6 Å². The van der Waals surface area contributed by atoms with Crippen molar-refractivity contribution in [2.24, 2.45) is 0 Å². The van der Waals surface area contributed by atoms with Gasteiger partial charge in [-0.3, -0.25) is 9.59 Å². The molecule has 1 heterocycles. The van der Waals surface area contributed by atoms with Gasteiger partial charge in [0, 0.05) is 6.54 Å². The largest absolute Gasteiger partial charge is 0.394 e. The Morgan fingerprint density at radius 2 is 2.05 bits per heavy atom. The minimum atomic E-state index is -1.09. The molecule has 0 aliphatic rings. The fourth-order valence-corrected chi connectivity index (χ4v) is 1.72. The van der Waals surface area contributed by atoms with Crippen LogP contribution in [0, 0.1) is 5.82 Å². The molecule has 8 heteroatoms. The molecule has 2 amide bonds. The lowest BCUT2D eigenvalue weighted by atomic mass is 10.2. The number of aromatic nitrogens is 2. The van der Waals surface area contributed by atoms with Gasteiger partial charge in [0.15, 0.2) is 0 Å². The van der Waals surface area contributed by atoms with Gasteiger partial charge in [-0.2, -0.15) is 0 Å². The highest BCUT2D eigenvalue weighted by molar-refractivity contribution is 5.95.